The molecule has 1 aliphatic heterocycles. The van der Waals surface area contributed by atoms with Crippen molar-refractivity contribution in [3.8, 4) is 0 Å². The maximum atomic E-state index is 8.98. The Hall–Kier alpha value is 0.270. The van der Waals surface area contributed by atoms with Crippen molar-refractivity contribution in [3.05, 3.63) is 0 Å². The van der Waals surface area contributed by atoms with E-state index in [-0.39, 0.29) is 6.61 Å². The van der Waals surface area contributed by atoms with Crippen LogP contribution in [0, 0.1) is 0 Å². The van der Waals surface area contributed by atoms with Crippen LogP contribution in [0.5, 0.6) is 0 Å². The first-order chi connectivity index (χ1) is 5.76. The zero-order chi connectivity index (χ0) is 8.97. The average molecular weight is 189 g/mol. The van der Waals surface area contributed by atoms with Crippen LogP contribution in [-0.4, -0.2) is 34.8 Å². The lowest BCUT2D eigenvalue weighted by Gasteiger charge is -2.19. The van der Waals surface area contributed by atoms with Crippen LogP contribution in [0.15, 0.2) is 0 Å². The second kappa shape index (κ2) is 5.10. The number of aliphatic hydroxyl groups excluding tert-OH is 1. The molecule has 2 N–H and O–H groups in total. The number of hydrogen-bond acceptors (Lipinski definition) is 3. The molecule has 0 bridgehead atoms. The van der Waals surface area contributed by atoms with Crippen molar-refractivity contribution in [2.45, 2.75) is 44.0 Å². The summed E-state index contributed by atoms with van der Waals surface area (Å²) in [5.41, 5.74) is 0. The van der Waals surface area contributed by atoms with Gasteiger partial charge in [0.15, 0.2) is 0 Å². The highest BCUT2D eigenvalue weighted by Crippen LogP contribution is 2.26. The maximum Gasteiger partial charge on any atom is 0.0584 e. The smallest absolute Gasteiger partial charge is 0.0584 e. The Balaban J connectivity index is 2.21. The van der Waals surface area contributed by atoms with E-state index in [1.165, 1.54) is 12.2 Å². The van der Waals surface area contributed by atoms with Gasteiger partial charge in [-0.3, -0.25) is 0 Å². The third-order valence-corrected chi connectivity index (χ3v) is 3.74. The van der Waals surface area contributed by atoms with Crippen LogP contribution in [0.4, 0.5) is 0 Å². The van der Waals surface area contributed by atoms with E-state index in [2.05, 4.69) is 19.2 Å². The standard InChI is InChI=1S/C9H19NOS/c1-3-8(5-11)10-9-4-7(2)12-6-9/h7-11H,3-6H2,1-2H3/t7?,8-,9?/m1/s1. The van der Waals surface area contributed by atoms with Gasteiger partial charge in [0, 0.05) is 23.1 Å². The minimum absolute atomic E-state index is 0.270. The first-order valence-electron chi connectivity index (χ1n) is 4.74. The van der Waals surface area contributed by atoms with E-state index in [4.69, 9.17) is 5.11 Å². The van der Waals surface area contributed by atoms with E-state index in [0.717, 1.165) is 11.7 Å². The monoisotopic (exact) mass is 189 g/mol. The summed E-state index contributed by atoms with van der Waals surface area (Å²) in [4.78, 5) is 0. The van der Waals surface area contributed by atoms with E-state index in [0.29, 0.717) is 12.1 Å². The van der Waals surface area contributed by atoms with Crippen LogP contribution in [0.3, 0.4) is 0 Å². The summed E-state index contributed by atoms with van der Waals surface area (Å²) < 4.78 is 0. The second-order valence-electron chi connectivity index (χ2n) is 3.53. The maximum absolute atomic E-state index is 8.98. The highest BCUT2D eigenvalue weighted by Gasteiger charge is 2.23. The van der Waals surface area contributed by atoms with Crippen molar-refractivity contribution >= 4 is 11.8 Å². The van der Waals surface area contributed by atoms with Crippen LogP contribution in [0.1, 0.15) is 26.7 Å². The summed E-state index contributed by atoms with van der Waals surface area (Å²) in [6, 6.07) is 0.933. The van der Waals surface area contributed by atoms with E-state index in [1.807, 2.05) is 11.8 Å². The molecule has 0 aliphatic carbocycles. The number of aliphatic hydroxyl groups is 1. The topological polar surface area (TPSA) is 32.3 Å². The van der Waals surface area contributed by atoms with E-state index >= 15 is 0 Å². The fourth-order valence-electron chi connectivity index (χ4n) is 1.57. The van der Waals surface area contributed by atoms with Gasteiger partial charge >= 0.3 is 0 Å². The third kappa shape index (κ3) is 2.96. The quantitative estimate of drug-likeness (QED) is 0.698. The molecule has 0 aromatic carbocycles. The van der Waals surface area contributed by atoms with Gasteiger partial charge in [0.05, 0.1) is 6.61 Å². The minimum atomic E-state index is 0.270. The molecule has 0 amide bonds. The molecule has 2 unspecified atom stereocenters. The summed E-state index contributed by atoms with van der Waals surface area (Å²) in [7, 11) is 0. The molecule has 1 aliphatic rings. The number of thioether (sulfide) groups is 1. The number of hydrogen-bond donors (Lipinski definition) is 2. The zero-order valence-electron chi connectivity index (χ0n) is 7.92. The molecule has 72 valence electrons. The molecular weight excluding hydrogens is 170 g/mol. The van der Waals surface area contributed by atoms with Crippen LogP contribution in [0.2, 0.25) is 0 Å². The van der Waals surface area contributed by atoms with Gasteiger partial charge in [0.1, 0.15) is 0 Å². The summed E-state index contributed by atoms with van der Waals surface area (Å²) in [6.45, 7) is 4.65. The van der Waals surface area contributed by atoms with Crippen LogP contribution < -0.4 is 5.32 Å². The first kappa shape index (κ1) is 10.4. The van der Waals surface area contributed by atoms with Crippen molar-refractivity contribution in [1.29, 1.82) is 0 Å². The van der Waals surface area contributed by atoms with E-state index < -0.39 is 0 Å². The first-order valence-corrected chi connectivity index (χ1v) is 5.79. The van der Waals surface area contributed by atoms with Gasteiger partial charge in [-0.15, -0.1) is 0 Å². The Bertz CT molecular complexity index is 128. The van der Waals surface area contributed by atoms with Gasteiger partial charge in [0.25, 0.3) is 0 Å². The van der Waals surface area contributed by atoms with Crippen molar-refractivity contribution in [3.63, 3.8) is 0 Å². The molecule has 1 heterocycles. The highest BCUT2D eigenvalue weighted by molar-refractivity contribution is 8.00. The Morgan fingerprint density at radius 1 is 1.67 bits per heavy atom. The Kier molecular flexibility index (Phi) is 4.40. The molecule has 1 saturated heterocycles. The lowest BCUT2D eigenvalue weighted by Crippen LogP contribution is -2.40. The van der Waals surface area contributed by atoms with Crippen molar-refractivity contribution < 1.29 is 5.11 Å². The van der Waals surface area contributed by atoms with Crippen molar-refractivity contribution in [1.82, 2.24) is 5.32 Å². The molecule has 0 aromatic rings. The van der Waals surface area contributed by atoms with Crippen molar-refractivity contribution in [2.75, 3.05) is 12.4 Å². The normalized spacial score (nSPS) is 32.2. The van der Waals surface area contributed by atoms with Gasteiger partial charge < -0.3 is 10.4 Å². The fourth-order valence-corrected chi connectivity index (χ4v) is 2.73. The van der Waals surface area contributed by atoms with Crippen LogP contribution in [0.25, 0.3) is 0 Å². The molecule has 12 heavy (non-hydrogen) atoms. The molecule has 2 nitrogen and oxygen atoms in total. The Morgan fingerprint density at radius 2 is 2.42 bits per heavy atom. The van der Waals surface area contributed by atoms with Gasteiger partial charge in [-0.05, 0) is 12.8 Å². The summed E-state index contributed by atoms with van der Waals surface area (Å²) in [6.07, 6.45) is 2.27. The average Bonchev–Trinajstić information content (AvgIpc) is 2.47. The molecule has 0 spiro atoms. The van der Waals surface area contributed by atoms with Gasteiger partial charge in [-0.2, -0.15) is 11.8 Å². The molecule has 3 heteroatoms. The van der Waals surface area contributed by atoms with Crippen LogP contribution >= 0.6 is 11.8 Å². The molecular formula is C9H19NOS. The Labute approximate surface area is 79.1 Å². The summed E-state index contributed by atoms with van der Waals surface area (Å²) >= 11 is 2.02. The molecule has 1 rings (SSSR count). The van der Waals surface area contributed by atoms with E-state index in [1.54, 1.807) is 0 Å². The molecule has 0 aromatic heterocycles. The molecule has 1 fully saturated rings. The highest BCUT2D eigenvalue weighted by atomic mass is 32.2. The second-order valence-corrected chi connectivity index (χ2v) is 5.00. The lowest BCUT2D eigenvalue weighted by molar-refractivity contribution is 0.229. The Morgan fingerprint density at radius 3 is 2.83 bits per heavy atom. The SMILES string of the molecule is CC[C@H](CO)NC1CSC(C)C1. The predicted octanol–water partition coefficient (Wildman–Crippen LogP) is 1.24. The number of nitrogens with one attached hydrogen (secondary N) is 1. The molecule has 0 radical (unpaired) electrons. The van der Waals surface area contributed by atoms with Gasteiger partial charge in [-0.1, -0.05) is 13.8 Å². The van der Waals surface area contributed by atoms with Gasteiger partial charge in [0.2, 0.25) is 0 Å². The number of rotatable bonds is 4. The molecule has 3 atom stereocenters. The lowest BCUT2D eigenvalue weighted by atomic mass is 10.1. The summed E-state index contributed by atoms with van der Waals surface area (Å²) in [5.74, 6) is 1.21. The zero-order valence-corrected chi connectivity index (χ0v) is 8.73. The third-order valence-electron chi connectivity index (χ3n) is 2.38. The summed E-state index contributed by atoms with van der Waals surface area (Å²) in [5, 5.41) is 13.2. The minimum Gasteiger partial charge on any atom is -0.395 e. The van der Waals surface area contributed by atoms with E-state index in [9.17, 15) is 0 Å². The van der Waals surface area contributed by atoms with Crippen LogP contribution in [-0.2, 0) is 0 Å². The molecule has 0 saturated carbocycles. The largest absolute Gasteiger partial charge is 0.395 e. The predicted molar refractivity (Wildman–Crippen MR) is 54.6 cm³/mol. The van der Waals surface area contributed by atoms with Gasteiger partial charge in [-0.25, -0.2) is 0 Å². The van der Waals surface area contributed by atoms with Crippen molar-refractivity contribution in [2.24, 2.45) is 0 Å². The fraction of sp³-hybridized carbons (Fsp3) is 1.00.